The third-order valence-corrected chi connectivity index (χ3v) is 7.92. The molecule has 0 saturated heterocycles. The number of hydrogen-bond acceptors (Lipinski definition) is 4. The molecule has 2 saturated carbocycles. The number of esters is 1. The van der Waals surface area contributed by atoms with E-state index >= 15 is 0 Å². The van der Waals surface area contributed by atoms with Gasteiger partial charge in [0.15, 0.2) is 0 Å². The van der Waals surface area contributed by atoms with Crippen molar-refractivity contribution >= 4 is 11.9 Å². The topological polar surface area (TPSA) is 83.8 Å². The van der Waals surface area contributed by atoms with Crippen LogP contribution in [0.4, 0.5) is 0 Å². The largest absolute Gasteiger partial charge is 0.481 e. The Morgan fingerprint density at radius 1 is 1.21 bits per heavy atom. The van der Waals surface area contributed by atoms with Gasteiger partial charge >= 0.3 is 11.9 Å². The lowest BCUT2D eigenvalue weighted by atomic mass is 9.46. The number of carboxylic acid groups (broad SMARTS) is 1. The molecule has 0 heterocycles. The number of carbonyl (C=O) groups excluding carboxylic acids is 1. The summed E-state index contributed by atoms with van der Waals surface area (Å²) in [6, 6.07) is 0. The van der Waals surface area contributed by atoms with Crippen LogP contribution < -0.4 is 0 Å². The van der Waals surface area contributed by atoms with E-state index in [1.54, 1.807) is 0 Å². The zero-order chi connectivity index (χ0) is 21.8. The van der Waals surface area contributed by atoms with Gasteiger partial charge in [0.2, 0.25) is 0 Å². The Hall–Kier alpha value is -1.36. The zero-order valence-corrected chi connectivity index (χ0v) is 18.7. The number of hydrogen-bond donors (Lipinski definition) is 2. The summed E-state index contributed by atoms with van der Waals surface area (Å²) in [6.07, 6.45) is 6.58. The predicted octanol–water partition coefficient (Wildman–Crippen LogP) is 4.97. The Kier molecular flexibility index (Phi) is 7.94. The van der Waals surface area contributed by atoms with Crippen molar-refractivity contribution in [3.8, 4) is 0 Å². The second-order valence-electron chi connectivity index (χ2n) is 10.3. The fourth-order valence-corrected chi connectivity index (χ4v) is 5.95. The highest BCUT2D eigenvalue weighted by Gasteiger charge is 2.55. The Bertz CT molecular complexity index is 610. The van der Waals surface area contributed by atoms with Crippen LogP contribution in [0.15, 0.2) is 12.2 Å². The van der Waals surface area contributed by atoms with Gasteiger partial charge in [0.25, 0.3) is 0 Å². The molecule has 2 aliphatic carbocycles. The monoisotopic (exact) mass is 408 g/mol. The van der Waals surface area contributed by atoms with Crippen LogP contribution in [-0.2, 0) is 14.3 Å². The summed E-state index contributed by atoms with van der Waals surface area (Å²) in [7, 11) is 0. The third-order valence-electron chi connectivity index (χ3n) is 7.92. The van der Waals surface area contributed by atoms with Gasteiger partial charge in [-0.1, -0.05) is 39.8 Å². The standard InChI is InChI=1S/C24H40O5/c1-16(13-15-29-22(28)11-10-21(26)27)6-8-18-17(2)7-9-19-23(3,4)20(25)12-14-24(18,19)5/h16,18-20,25H,2,6-15H2,1,3-5H3,(H,26,27)/t16-,18+,19+,20+,24-/m1/s1. The summed E-state index contributed by atoms with van der Waals surface area (Å²) in [4.78, 5) is 22.1. The summed E-state index contributed by atoms with van der Waals surface area (Å²) in [5, 5.41) is 19.2. The van der Waals surface area contributed by atoms with E-state index in [2.05, 4.69) is 34.3 Å². The fraction of sp³-hybridized carbons (Fsp3) is 0.833. The number of fused-ring (bicyclic) bond motifs is 1. The first-order chi connectivity index (χ1) is 13.5. The molecule has 0 unspecified atom stereocenters. The van der Waals surface area contributed by atoms with Gasteiger partial charge in [0.05, 0.1) is 25.6 Å². The Morgan fingerprint density at radius 3 is 2.55 bits per heavy atom. The highest BCUT2D eigenvalue weighted by atomic mass is 16.5. The van der Waals surface area contributed by atoms with Crippen molar-refractivity contribution in [3.63, 3.8) is 0 Å². The molecular formula is C24H40O5. The first-order valence-corrected chi connectivity index (χ1v) is 11.2. The molecule has 0 aromatic heterocycles. The number of carbonyl (C=O) groups is 2. The van der Waals surface area contributed by atoms with E-state index in [1.807, 2.05) is 0 Å². The van der Waals surface area contributed by atoms with E-state index in [-0.39, 0.29) is 29.8 Å². The lowest BCUT2D eigenvalue weighted by molar-refractivity contribution is -0.148. The number of aliphatic hydroxyl groups is 1. The Balaban J connectivity index is 1.86. The van der Waals surface area contributed by atoms with Crippen LogP contribution in [0.5, 0.6) is 0 Å². The van der Waals surface area contributed by atoms with E-state index in [4.69, 9.17) is 9.84 Å². The normalized spacial score (nSPS) is 32.3. The average molecular weight is 409 g/mol. The van der Waals surface area contributed by atoms with Crippen molar-refractivity contribution in [1.82, 2.24) is 0 Å². The second kappa shape index (κ2) is 9.63. The molecule has 166 valence electrons. The van der Waals surface area contributed by atoms with E-state index in [0.29, 0.717) is 24.4 Å². The van der Waals surface area contributed by atoms with Gasteiger partial charge in [-0.2, -0.15) is 0 Å². The summed E-state index contributed by atoms with van der Waals surface area (Å²) in [5.41, 5.74) is 1.51. The minimum Gasteiger partial charge on any atom is -0.481 e. The van der Waals surface area contributed by atoms with Crippen LogP contribution in [0.1, 0.15) is 85.5 Å². The molecular weight excluding hydrogens is 368 g/mol. The van der Waals surface area contributed by atoms with Crippen LogP contribution in [-0.4, -0.2) is 34.9 Å². The summed E-state index contributed by atoms with van der Waals surface area (Å²) >= 11 is 0. The maximum absolute atomic E-state index is 11.5. The van der Waals surface area contributed by atoms with Crippen LogP contribution in [0.2, 0.25) is 0 Å². The minimum atomic E-state index is -0.978. The van der Waals surface area contributed by atoms with Crippen molar-refractivity contribution in [1.29, 1.82) is 0 Å². The smallest absolute Gasteiger partial charge is 0.306 e. The number of ether oxygens (including phenoxy) is 1. The molecule has 2 N–H and O–H groups in total. The van der Waals surface area contributed by atoms with Crippen molar-refractivity contribution in [3.05, 3.63) is 12.2 Å². The lowest BCUT2D eigenvalue weighted by Gasteiger charge is -2.59. The molecule has 0 aromatic carbocycles. The van der Waals surface area contributed by atoms with Crippen molar-refractivity contribution in [2.24, 2.45) is 28.6 Å². The molecule has 29 heavy (non-hydrogen) atoms. The molecule has 0 aromatic rings. The van der Waals surface area contributed by atoms with Crippen LogP contribution >= 0.6 is 0 Å². The van der Waals surface area contributed by atoms with Gasteiger partial charge in [-0.3, -0.25) is 9.59 Å². The number of carboxylic acids is 1. The molecule has 2 rings (SSSR count). The zero-order valence-electron chi connectivity index (χ0n) is 18.7. The molecule has 5 atom stereocenters. The molecule has 0 spiro atoms. The quantitative estimate of drug-likeness (QED) is 0.416. The number of allylic oxidation sites excluding steroid dienone is 1. The number of rotatable bonds is 9. The molecule has 5 nitrogen and oxygen atoms in total. The Labute approximate surface area is 175 Å². The lowest BCUT2D eigenvalue weighted by Crippen LogP contribution is -2.54. The van der Waals surface area contributed by atoms with E-state index in [1.165, 1.54) is 5.57 Å². The van der Waals surface area contributed by atoms with Gasteiger partial charge in [-0.05, 0) is 73.5 Å². The molecule has 0 radical (unpaired) electrons. The van der Waals surface area contributed by atoms with Gasteiger partial charge in [-0.15, -0.1) is 0 Å². The average Bonchev–Trinajstić information content (AvgIpc) is 2.63. The summed E-state index contributed by atoms with van der Waals surface area (Å²) in [6.45, 7) is 13.8. The van der Waals surface area contributed by atoms with E-state index < -0.39 is 11.9 Å². The fourth-order valence-electron chi connectivity index (χ4n) is 5.95. The summed E-state index contributed by atoms with van der Waals surface area (Å²) in [5.74, 6) is 0.0152. The first kappa shape index (κ1) is 23.9. The maximum atomic E-state index is 11.5. The molecule has 2 aliphatic rings. The summed E-state index contributed by atoms with van der Waals surface area (Å²) < 4.78 is 5.17. The van der Waals surface area contributed by atoms with E-state index in [9.17, 15) is 14.7 Å². The highest BCUT2D eigenvalue weighted by Crippen LogP contribution is 2.61. The maximum Gasteiger partial charge on any atom is 0.306 e. The van der Waals surface area contributed by atoms with Crippen LogP contribution in [0.25, 0.3) is 0 Å². The van der Waals surface area contributed by atoms with Gasteiger partial charge in [0.1, 0.15) is 0 Å². The van der Waals surface area contributed by atoms with Gasteiger partial charge in [-0.25, -0.2) is 0 Å². The van der Waals surface area contributed by atoms with Crippen molar-refractivity contribution < 1.29 is 24.5 Å². The third kappa shape index (κ3) is 5.62. The molecule has 0 amide bonds. The SMILES string of the molecule is C=C1CC[C@H]2C(C)(C)[C@@H](O)CC[C@]2(C)[C@H]1CC[C@@H](C)CCOC(=O)CCC(=O)O. The minimum absolute atomic E-state index is 0.0538. The molecule has 0 aliphatic heterocycles. The van der Waals surface area contributed by atoms with Crippen LogP contribution in [0.3, 0.4) is 0 Å². The molecule has 0 bridgehead atoms. The Morgan fingerprint density at radius 2 is 1.90 bits per heavy atom. The van der Waals surface area contributed by atoms with Crippen LogP contribution in [0, 0.1) is 28.6 Å². The number of aliphatic hydroxyl groups excluding tert-OH is 1. The second-order valence-corrected chi connectivity index (χ2v) is 10.3. The molecule has 5 heteroatoms. The first-order valence-electron chi connectivity index (χ1n) is 11.2. The van der Waals surface area contributed by atoms with Gasteiger partial charge in [0, 0.05) is 0 Å². The number of aliphatic carboxylic acids is 1. The van der Waals surface area contributed by atoms with E-state index in [0.717, 1.165) is 44.9 Å². The predicted molar refractivity (Wildman–Crippen MR) is 113 cm³/mol. The molecule has 2 fully saturated rings. The van der Waals surface area contributed by atoms with Crippen molar-refractivity contribution in [2.75, 3.05) is 6.61 Å². The van der Waals surface area contributed by atoms with Gasteiger partial charge < -0.3 is 14.9 Å². The van der Waals surface area contributed by atoms with Crippen molar-refractivity contribution in [2.45, 2.75) is 91.6 Å². The highest BCUT2D eigenvalue weighted by molar-refractivity contribution is 5.76.